The van der Waals surface area contributed by atoms with Crippen LogP contribution in [0.5, 0.6) is 0 Å². The number of benzene rings is 1. The zero-order valence-electron chi connectivity index (χ0n) is 8.39. The summed E-state index contributed by atoms with van der Waals surface area (Å²) in [6.45, 7) is 5.62. The van der Waals surface area contributed by atoms with Crippen molar-refractivity contribution in [1.82, 2.24) is 0 Å². The second kappa shape index (κ2) is 3.75. The molecule has 2 unspecified atom stereocenters. The van der Waals surface area contributed by atoms with Gasteiger partial charge in [0.1, 0.15) is 5.41 Å². The minimum atomic E-state index is -1.31. The summed E-state index contributed by atoms with van der Waals surface area (Å²) in [7, 11) is 2.23. The summed E-state index contributed by atoms with van der Waals surface area (Å²) in [5.41, 5.74) is 3.05. The molecule has 0 spiro atoms. The Kier molecular flexibility index (Phi) is 3.08. The lowest BCUT2D eigenvalue weighted by atomic mass is 10.0. The molecular formula is C11H16FP. The highest BCUT2D eigenvalue weighted by Crippen LogP contribution is 2.34. The zero-order valence-corrected chi connectivity index (χ0v) is 9.55. The highest BCUT2D eigenvalue weighted by molar-refractivity contribution is 7.18. The predicted octanol–water partition coefficient (Wildman–Crippen LogP) is 3.57. The maximum Gasteiger partial charge on any atom is 0.146 e. The van der Waals surface area contributed by atoms with Crippen LogP contribution in [0.15, 0.2) is 18.2 Å². The van der Waals surface area contributed by atoms with Crippen molar-refractivity contribution in [1.29, 1.82) is 0 Å². The van der Waals surface area contributed by atoms with Crippen LogP contribution < -0.4 is 0 Å². The normalized spacial score (nSPS) is 15.5. The fourth-order valence-corrected chi connectivity index (χ4v) is 1.82. The van der Waals surface area contributed by atoms with Crippen LogP contribution in [0.2, 0.25) is 0 Å². The lowest BCUT2D eigenvalue weighted by molar-refractivity contribution is 0.322. The van der Waals surface area contributed by atoms with Crippen molar-refractivity contribution in [2.75, 3.05) is 0 Å². The number of alkyl halides is 1. The van der Waals surface area contributed by atoms with E-state index < -0.39 is 5.41 Å². The smallest absolute Gasteiger partial charge is 0.146 e. The van der Waals surface area contributed by atoms with Gasteiger partial charge in [0.05, 0.1) is 0 Å². The second-order valence-electron chi connectivity index (χ2n) is 3.58. The van der Waals surface area contributed by atoms with E-state index in [4.69, 9.17) is 0 Å². The van der Waals surface area contributed by atoms with Gasteiger partial charge < -0.3 is 0 Å². The molecule has 0 nitrogen and oxygen atoms in total. The molecule has 0 aliphatic carbocycles. The van der Waals surface area contributed by atoms with E-state index in [9.17, 15) is 4.39 Å². The van der Waals surface area contributed by atoms with Crippen molar-refractivity contribution >= 4 is 9.24 Å². The molecule has 0 saturated heterocycles. The molecule has 0 amide bonds. The van der Waals surface area contributed by atoms with E-state index >= 15 is 0 Å². The molecule has 0 saturated carbocycles. The van der Waals surface area contributed by atoms with Crippen molar-refractivity contribution in [3.05, 3.63) is 34.9 Å². The first kappa shape index (κ1) is 10.7. The molecule has 0 radical (unpaired) electrons. The van der Waals surface area contributed by atoms with Crippen LogP contribution in [-0.2, 0) is 11.8 Å². The number of hydrogen-bond donors (Lipinski definition) is 0. The van der Waals surface area contributed by atoms with Gasteiger partial charge in [-0.3, -0.25) is 0 Å². The molecule has 1 aromatic carbocycles. The highest BCUT2D eigenvalue weighted by Gasteiger charge is 2.20. The van der Waals surface area contributed by atoms with Gasteiger partial charge in [-0.05, 0) is 37.0 Å². The van der Waals surface area contributed by atoms with Crippen molar-refractivity contribution in [2.45, 2.75) is 32.6 Å². The first-order chi connectivity index (χ1) is 5.95. The van der Waals surface area contributed by atoms with Gasteiger partial charge in [0.2, 0.25) is 0 Å². The minimum absolute atomic E-state index is 0.759. The third kappa shape index (κ3) is 2.51. The van der Waals surface area contributed by atoms with Crippen LogP contribution in [0.3, 0.4) is 0 Å². The van der Waals surface area contributed by atoms with Gasteiger partial charge in [0.15, 0.2) is 0 Å². The maximum atomic E-state index is 13.6. The predicted molar refractivity (Wildman–Crippen MR) is 58.7 cm³/mol. The number of rotatable bonds is 2. The van der Waals surface area contributed by atoms with Crippen LogP contribution >= 0.6 is 9.24 Å². The largest absolute Gasteiger partial charge is 0.235 e. The molecule has 0 aliphatic heterocycles. The average Bonchev–Trinajstić information content (AvgIpc) is 2.01. The summed E-state index contributed by atoms with van der Waals surface area (Å²) < 4.78 is 13.6. The Morgan fingerprint density at radius 1 is 1.46 bits per heavy atom. The van der Waals surface area contributed by atoms with Crippen molar-refractivity contribution in [3.63, 3.8) is 0 Å². The summed E-state index contributed by atoms with van der Waals surface area (Å²) in [5.74, 6) is 0. The van der Waals surface area contributed by atoms with E-state index in [1.54, 1.807) is 6.92 Å². The van der Waals surface area contributed by atoms with E-state index in [0.717, 1.165) is 17.5 Å². The van der Waals surface area contributed by atoms with Crippen LogP contribution in [0.4, 0.5) is 4.39 Å². The van der Waals surface area contributed by atoms with Crippen LogP contribution in [0.1, 0.15) is 30.5 Å². The lowest BCUT2D eigenvalue weighted by Crippen LogP contribution is -2.07. The highest BCUT2D eigenvalue weighted by atomic mass is 31.0. The molecule has 0 fully saturated rings. The van der Waals surface area contributed by atoms with Gasteiger partial charge in [-0.2, -0.15) is 0 Å². The quantitative estimate of drug-likeness (QED) is 0.637. The molecular weight excluding hydrogens is 182 g/mol. The Morgan fingerprint density at radius 2 is 2.08 bits per heavy atom. The van der Waals surface area contributed by atoms with Gasteiger partial charge >= 0.3 is 0 Å². The van der Waals surface area contributed by atoms with Gasteiger partial charge in [0.25, 0.3) is 0 Å². The van der Waals surface area contributed by atoms with E-state index in [2.05, 4.69) is 22.2 Å². The molecule has 0 bridgehead atoms. The van der Waals surface area contributed by atoms with Crippen LogP contribution in [-0.4, -0.2) is 0 Å². The Morgan fingerprint density at radius 3 is 2.46 bits per heavy atom. The lowest BCUT2D eigenvalue weighted by Gasteiger charge is -2.17. The number of aryl methyl sites for hydroxylation is 2. The van der Waals surface area contributed by atoms with E-state index in [-0.39, 0.29) is 0 Å². The fraction of sp³-hybridized carbons (Fsp3) is 0.455. The molecule has 1 aromatic rings. The van der Waals surface area contributed by atoms with Crippen molar-refractivity contribution in [2.24, 2.45) is 0 Å². The molecule has 0 aliphatic rings. The maximum absolute atomic E-state index is 13.6. The van der Waals surface area contributed by atoms with E-state index in [1.807, 2.05) is 19.1 Å². The Hall–Kier alpha value is -0.420. The third-order valence-corrected chi connectivity index (χ3v) is 2.54. The first-order valence-corrected chi connectivity index (χ1v) is 5.10. The molecule has 1 rings (SSSR count). The summed E-state index contributed by atoms with van der Waals surface area (Å²) in [4.78, 5) is 0. The molecule has 72 valence electrons. The summed E-state index contributed by atoms with van der Waals surface area (Å²) in [6, 6.07) is 5.92. The second-order valence-corrected chi connectivity index (χ2v) is 4.66. The molecule has 13 heavy (non-hydrogen) atoms. The molecule has 0 heterocycles. The van der Waals surface area contributed by atoms with Crippen LogP contribution in [0, 0.1) is 6.92 Å². The first-order valence-electron chi connectivity index (χ1n) is 4.53. The standard InChI is InChI=1S/C11H16FP/c1-4-9-5-6-10(8(2)7-9)11(3,12)13/h5-7H,4,13H2,1-3H3. The van der Waals surface area contributed by atoms with E-state index in [0.29, 0.717) is 0 Å². The number of hydrogen-bond acceptors (Lipinski definition) is 0. The van der Waals surface area contributed by atoms with Gasteiger partial charge in [0, 0.05) is 0 Å². The van der Waals surface area contributed by atoms with Crippen molar-refractivity contribution in [3.8, 4) is 0 Å². The summed E-state index contributed by atoms with van der Waals surface area (Å²) in [5, 5.41) is -1.31. The van der Waals surface area contributed by atoms with Crippen molar-refractivity contribution < 1.29 is 4.39 Å². The monoisotopic (exact) mass is 198 g/mol. The Balaban J connectivity index is 3.13. The molecule has 2 heteroatoms. The zero-order chi connectivity index (χ0) is 10.1. The summed E-state index contributed by atoms with van der Waals surface area (Å²) in [6.07, 6.45) is 1.00. The third-order valence-electron chi connectivity index (χ3n) is 2.23. The molecule has 0 aromatic heterocycles. The number of halogens is 1. The fourth-order valence-electron chi connectivity index (χ4n) is 1.49. The Labute approximate surface area is 81.8 Å². The van der Waals surface area contributed by atoms with E-state index in [1.165, 1.54) is 5.56 Å². The molecule has 0 N–H and O–H groups in total. The topological polar surface area (TPSA) is 0 Å². The van der Waals surface area contributed by atoms with Gasteiger partial charge in [-0.1, -0.05) is 34.4 Å². The molecule has 2 atom stereocenters. The van der Waals surface area contributed by atoms with Gasteiger partial charge in [-0.25, -0.2) is 4.39 Å². The average molecular weight is 198 g/mol. The SMILES string of the molecule is CCc1ccc(C(C)(F)P)c(C)c1. The van der Waals surface area contributed by atoms with Crippen LogP contribution in [0.25, 0.3) is 0 Å². The summed E-state index contributed by atoms with van der Waals surface area (Å²) >= 11 is 0. The Bertz CT molecular complexity index is 299. The van der Waals surface area contributed by atoms with Gasteiger partial charge in [-0.15, -0.1) is 0 Å². The minimum Gasteiger partial charge on any atom is -0.235 e.